The standard InChI is InChI=1S/C15H12N2OS/c1-10-12(6-4-8-16-10)17-15(18)14-9-11-5-2-3-7-13(11)19-14/h2-9H,1H3,(H,17,18). The summed E-state index contributed by atoms with van der Waals surface area (Å²) in [6.07, 6.45) is 1.71. The number of nitrogens with zero attached hydrogens (tertiary/aromatic N) is 1. The van der Waals surface area contributed by atoms with E-state index >= 15 is 0 Å². The van der Waals surface area contributed by atoms with Crippen molar-refractivity contribution in [3.63, 3.8) is 0 Å². The van der Waals surface area contributed by atoms with Crippen LogP contribution in [0.25, 0.3) is 10.1 Å². The highest BCUT2D eigenvalue weighted by atomic mass is 32.1. The predicted octanol–water partition coefficient (Wildman–Crippen LogP) is 3.86. The normalized spacial score (nSPS) is 10.6. The fourth-order valence-electron chi connectivity index (χ4n) is 1.89. The van der Waals surface area contributed by atoms with E-state index in [2.05, 4.69) is 10.3 Å². The number of amides is 1. The number of carbonyl (C=O) groups is 1. The maximum Gasteiger partial charge on any atom is 0.265 e. The lowest BCUT2D eigenvalue weighted by Crippen LogP contribution is -2.11. The van der Waals surface area contributed by atoms with E-state index in [-0.39, 0.29) is 5.91 Å². The van der Waals surface area contributed by atoms with Crippen LogP contribution in [0.15, 0.2) is 48.7 Å². The molecule has 0 radical (unpaired) electrons. The Morgan fingerprint density at radius 3 is 2.84 bits per heavy atom. The van der Waals surface area contributed by atoms with Crippen LogP contribution in [-0.2, 0) is 0 Å². The van der Waals surface area contributed by atoms with Gasteiger partial charge in [-0.15, -0.1) is 11.3 Å². The molecule has 3 nitrogen and oxygen atoms in total. The first-order chi connectivity index (χ1) is 9.24. The number of thiophene rings is 1. The average molecular weight is 268 g/mol. The molecule has 1 N–H and O–H groups in total. The molecular formula is C15H12N2OS. The molecule has 0 atom stereocenters. The number of hydrogen-bond donors (Lipinski definition) is 1. The molecule has 0 saturated heterocycles. The van der Waals surface area contributed by atoms with Gasteiger partial charge in [0, 0.05) is 10.9 Å². The van der Waals surface area contributed by atoms with E-state index in [4.69, 9.17) is 0 Å². The van der Waals surface area contributed by atoms with Crippen molar-refractivity contribution in [3.8, 4) is 0 Å². The van der Waals surface area contributed by atoms with Crippen LogP contribution < -0.4 is 5.32 Å². The maximum absolute atomic E-state index is 12.2. The first-order valence-electron chi connectivity index (χ1n) is 5.95. The maximum atomic E-state index is 12.2. The van der Waals surface area contributed by atoms with E-state index < -0.39 is 0 Å². The summed E-state index contributed by atoms with van der Waals surface area (Å²) in [6, 6.07) is 13.6. The number of aromatic nitrogens is 1. The lowest BCUT2D eigenvalue weighted by molar-refractivity contribution is 0.103. The van der Waals surface area contributed by atoms with Crippen LogP contribution in [0.4, 0.5) is 5.69 Å². The van der Waals surface area contributed by atoms with Gasteiger partial charge in [0.1, 0.15) is 0 Å². The Balaban J connectivity index is 1.90. The largest absolute Gasteiger partial charge is 0.320 e. The van der Waals surface area contributed by atoms with Crippen LogP contribution in [0.5, 0.6) is 0 Å². The molecule has 94 valence electrons. The van der Waals surface area contributed by atoms with Gasteiger partial charge in [-0.2, -0.15) is 0 Å². The Bertz CT molecular complexity index is 715. The van der Waals surface area contributed by atoms with Crippen LogP contribution in [0.2, 0.25) is 0 Å². The molecule has 0 aliphatic carbocycles. The number of rotatable bonds is 2. The summed E-state index contributed by atoms with van der Waals surface area (Å²) in [4.78, 5) is 17.1. The van der Waals surface area contributed by atoms with Crippen LogP contribution in [-0.4, -0.2) is 10.9 Å². The minimum absolute atomic E-state index is 0.0858. The summed E-state index contributed by atoms with van der Waals surface area (Å²) < 4.78 is 1.12. The Kier molecular flexibility index (Phi) is 3.01. The van der Waals surface area contributed by atoms with Crippen molar-refractivity contribution >= 4 is 33.0 Å². The van der Waals surface area contributed by atoms with Crippen LogP contribution >= 0.6 is 11.3 Å². The van der Waals surface area contributed by atoms with Gasteiger partial charge in [-0.25, -0.2) is 0 Å². The Labute approximate surface area is 114 Å². The molecule has 2 heterocycles. The van der Waals surface area contributed by atoms with Gasteiger partial charge in [0.05, 0.1) is 16.3 Å². The van der Waals surface area contributed by atoms with E-state index in [0.717, 1.165) is 21.5 Å². The number of benzene rings is 1. The molecule has 0 aliphatic heterocycles. The van der Waals surface area contributed by atoms with Gasteiger partial charge >= 0.3 is 0 Å². The fourth-order valence-corrected chi connectivity index (χ4v) is 2.85. The zero-order chi connectivity index (χ0) is 13.2. The van der Waals surface area contributed by atoms with Crippen molar-refractivity contribution in [1.29, 1.82) is 0 Å². The average Bonchev–Trinajstić information content (AvgIpc) is 2.85. The number of hydrogen-bond acceptors (Lipinski definition) is 3. The number of carbonyl (C=O) groups excluding carboxylic acids is 1. The summed E-state index contributed by atoms with van der Waals surface area (Å²) >= 11 is 1.50. The summed E-state index contributed by atoms with van der Waals surface area (Å²) in [5.41, 5.74) is 1.57. The van der Waals surface area contributed by atoms with Crippen LogP contribution in [0.3, 0.4) is 0 Å². The summed E-state index contributed by atoms with van der Waals surface area (Å²) in [7, 11) is 0. The quantitative estimate of drug-likeness (QED) is 0.767. The molecule has 0 fully saturated rings. The van der Waals surface area contributed by atoms with Gasteiger partial charge in [-0.3, -0.25) is 9.78 Å². The van der Waals surface area contributed by atoms with E-state index in [9.17, 15) is 4.79 Å². The van der Waals surface area contributed by atoms with Crippen LogP contribution in [0, 0.1) is 6.92 Å². The lowest BCUT2D eigenvalue weighted by atomic mass is 10.2. The third-order valence-electron chi connectivity index (χ3n) is 2.90. The predicted molar refractivity (Wildman–Crippen MR) is 78.8 cm³/mol. The minimum Gasteiger partial charge on any atom is -0.320 e. The van der Waals surface area contributed by atoms with Gasteiger partial charge in [0.15, 0.2) is 0 Å². The molecule has 1 amide bonds. The molecule has 1 aromatic carbocycles. The molecule has 3 aromatic rings. The van der Waals surface area contributed by atoms with Crippen molar-refractivity contribution in [2.24, 2.45) is 0 Å². The summed E-state index contributed by atoms with van der Waals surface area (Å²) in [5, 5.41) is 3.99. The molecule has 2 aromatic heterocycles. The van der Waals surface area contributed by atoms with E-state index in [1.54, 1.807) is 6.20 Å². The third kappa shape index (κ3) is 2.35. The number of pyridine rings is 1. The topological polar surface area (TPSA) is 42.0 Å². The smallest absolute Gasteiger partial charge is 0.265 e. The van der Waals surface area contributed by atoms with Gasteiger partial charge in [0.2, 0.25) is 0 Å². The first kappa shape index (κ1) is 11.9. The first-order valence-corrected chi connectivity index (χ1v) is 6.77. The van der Waals surface area contributed by atoms with E-state index in [0.29, 0.717) is 4.88 Å². The zero-order valence-electron chi connectivity index (χ0n) is 10.4. The van der Waals surface area contributed by atoms with Gasteiger partial charge in [-0.05, 0) is 36.6 Å². The Morgan fingerprint density at radius 1 is 1.21 bits per heavy atom. The second-order valence-corrected chi connectivity index (χ2v) is 5.32. The molecule has 3 rings (SSSR count). The molecule has 0 bridgehead atoms. The monoisotopic (exact) mass is 268 g/mol. The van der Waals surface area contributed by atoms with Gasteiger partial charge in [-0.1, -0.05) is 18.2 Å². The highest BCUT2D eigenvalue weighted by Gasteiger charge is 2.11. The number of anilines is 1. The summed E-state index contributed by atoms with van der Waals surface area (Å²) in [6.45, 7) is 1.88. The zero-order valence-corrected chi connectivity index (χ0v) is 11.2. The van der Waals surface area contributed by atoms with Crippen LogP contribution in [0.1, 0.15) is 15.4 Å². The SMILES string of the molecule is Cc1ncccc1NC(=O)c1cc2ccccc2s1. The van der Waals surface area contributed by atoms with E-state index in [1.165, 1.54) is 11.3 Å². The highest BCUT2D eigenvalue weighted by Crippen LogP contribution is 2.26. The molecule has 0 spiro atoms. The Morgan fingerprint density at radius 2 is 2.05 bits per heavy atom. The molecule has 0 saturated carbocycles. The highest BCUT2D eigenvalue weighted by molar-refractivity contribution is 7.20. The number of aryl methyl sites for hydroxylation is 1. The van der Waals surface area contributed by atoms with Crippen molar-refractivity contribution < 1.29 is 4.79 Å². The third-order valence-corrected chi connectivity index (χ3v) is 4.02. The Hall–Kier alpha value is -2.20. The summed E-state index contributed by atoms with van der Waals surface area (Å²) in [5.74, 6) is -0.0858. The molecular weight excluding hydrogens is 256 g/mol. The van der Waals surface area contributed by atoms with Gasteiger partial charge in [0.25, 0.3) is 5.91 Å². The van der Waals surface area contributed by atoms with E-state index in [1.807, 2.05) is 49.4 Å². The lowest BCUT2D eigenvalue weighted by Gasteiger charge is -2.05. The second-order valence-electron chi connectivity index (χ2n) is 4.24. The minimum atomic E-state index is -0.0858. The number of fused-ring (bicyclic) bond motifs is 1. The molecule has 0 aliphatic rings. The molecule has 0 unspecified atom stereocenters. The second kappa shape index (κ2) is 4.82. The van der Waals surface area contributed by atoms with Gasteiger partial charge < -0.3 is 5.32 Å². The van der Waals surface area contributed by atoms with Crippen molar-refractivity contribution in [3.05, 3.63) is 59.2 Å². The van der Waals surface area contributed by atoms with Crippen molar-refractivity contribution in [2.45, 2.75) is 6.92 Å². The van der Waals surface area contributed by atoms with Crippen molar-refractivity contribution in [1.82, 2.24) is 4.98 Å². The molecule has 4 heteroatoms. The number of nitrogens with one attached hydrogen (secondary N) is 1. The fraction of sp³-hybridized carbons (Fsp3) is 0.0667. The van der Waals surface area contributed by atoms with Crippen molar-refractivity contribution in [2.75, 3.05) is 5.32 Å². The molecule has 19 heavy (non-hydrogen) atoms.